The van der Waals surface area contributed by atoms with E-state index in [2.05, 4.69) is 22.4 Å². The van der Waals surface area contributed by atoms with Gasteiger partial charge in [-0.3, -0.25) is 0 Å². The zero-order chi connectivity index (χ0) is 12.8. The highest BCUT2D eigenvalue weighted by atomic mass is 35.5. The first-order chi connectivity index (χ1) is 9.33. The average Bonchev–Trinajstić information content (AvgIpc) is 2.46. The normalized spacial score (nSPS) is 25.5. The quantitative estimate of drug-likeness (QED) is 0.719. The lowest BCUT2D eigenvalue weighted by Crippen LogP contribution is -2.37. The highest BCUT2D eigenvalue weighted by molar-refractivity contribution is 6.31. The van der Waals surface area contributed by atoms with Crippen LogP contribution in [-0.4, -0.2) is 11.0 Å². The molecule has 0 unspecified atom stereocenters. The third kappa shape index (κ3) is 1.81. The van der Waals surface area contributed by atoms with E-state index in [9.17, 15) is 0 Å². The standard InChI is InChI=1S/C16H17ClN2/c17-16-12-9-10-5-1-3-7-13(10)18-15(12)11-6-2-4-8-14(11)19-16/h2,4,6,8,10,13,18H,1,3,5,7,9H2/t10-,13-/m0/s1. The zero-order valence-electron chi connectivity index (χ0n) is 10.8. The van der Waals surface area contributed by atoms with Gasteiger partial charge in [-0.05, 0) is 31.2 Å². The minimum atomic E-state index is 0.628. The van der Waals surface area contributed by atoms with Crippen molar-refractivity contribution in [1.29, 1.82) is 0 Å². The van der Waals surface area contributed by atoms with E-state index in [-0.39, 0.29) is 0 Å². The second-order valence-electron chi connectivity index (χ2n) is 5.77. The molecule has 2 aromatic rings. The first kappa shape index (κ1) is 11.5. The Labute approximate surface area is 118 Å². The molecule has 0 radical (unpaired) electrons. The van der Waals surface area contributed by atoms with Crippen LogP contribution in [0.5, 0.6) is 0 Å². The Morgan fingerprint density at radius 3 is 2.95 bits per heavy atom. The summed E-state index contributed by atoms with van der Waals surface area (Å²) in [4.78, 5) is 4.55. The zero-order valence-corrected chi connectivity index (χ0v) is 11.6. The van der Waals surface area contributed by atoms with Gasteiger partial charge in [0.25, 0.3) is 0 Å². The second-order valence-corrected chi connectivity index (χ2v) is 6.13. The fraction of sp³-hybridized carbons (Fsp3) is 0.438. The van der Waals surface area contributed by atoms with Gasteiger partial charge in [-0.15, -0.1) is 0 Å². The lowest BCUT2D eigenvalue weighted by atomic mass is 9.78. The molecule has 1 saturated carbocycles. The first-order valence-corrected chi connectivity index (χ1v) is 7.54. The van der Waals surface area contributed by atoms with E-state index in [1.165, 1.54) is 42.3 Å². The number of pyridine rings is 1. The van der Waals surface area contributed by atoms with Crippen molar-refractivity contribution in [3.8, 4) is 0 Å². The summed E-state index contributed by atoms with van der Waals surface area (Å²) in [5.74, 6) is 0.738. The fourth-order valence-electron chi connectivity index (χ4n) is 3.66. The van der Waals surface area contributed by atoms with E-state index in [4.69, 9.17) is 11.6 Å². The summed E-state index contributed by atoms with van der Waals surface area (Å²) in [5, 5.41) is 5.66. The van der Waals surface area contributed by atoms with Crippen molar-refractivity contribution in [2.45, 2.75) is 38.1 Å². The number of nitrogens with one attached hydrogen (secondary N) is 1. The molecule has 1 aromatic heterocycles. The number of para-hydroxylation sites is 1. The van der Waals surface area contributed by atoms with Crippen molar-refractivity contribution in [2.24, 2.45) is 5.92 Å². The van der Waals surface area contributed by atoms with Crippen LogP contribution in [-0.2, 0) is 6.42 Å². The van der Waals surface area contributed by atoms with Gasteiger partial charge in [0.2, 0.25) is 0 Å². The lowest BCUT2D eigenvalue weighted by Gasteiger charge is -2.38. The molecular formula is C16H17ClN2. The molecule has 1 N–H and O–H groups in total. The number of halogens is 1. The van der Waals surface area contributed by atoms with Crippen molar-refractivity contribution in [1.82, 2.24) is 4.98 Å². The Morgan fingerprint density at radius 2 is 2.00 bits per heavy atom. The van der Waals surface area contributed by atoms with E-state index in [0.717, 1.165) is 17.9 Å². The van der Waals surface area contributed by atoms with Crippen molar-refractivity contribution >= 4 is 28.2 Å². The number of benzene rings is 1. The van der Waals surface area contributed by atoms with E-state index in [1.807, 2.05) is 12.1 Å². The molecular weight excluding hydrogens is 256 g/mol. The summed E-state index contributed by atoms with van der Waals surface area (Å²) < 4.78 is 0. The molecule has 1 aliphatic carbocycles. The summed E-state index contributed by atoms with van der Waals surface area (Å²) >= 11 is 6.40. The molecule has 19 heavy (non-hydrogen) atoms. The summed E-state index contributed by atoms with van der Waals surface area (Å²) in [7, 11) is 0. The Morgan fingerprint density at radius 1 is 1.16 bits per heavy atom. The van der Waals surface area contributed by atoms with Crippen LogP contribution >= 0.6 is 11.6 Å². The average molecular weight is 273 g/mol. The number of fused-ring (bicyclic) bond motifs is 4. The predicted octanol–water partition coefficient (Wildman–Crippen LogP) is 4.42. The number of nitrogens with zero attached hydrogens (tertiary/aromatic N) is 1. The van der Waals surface area contributed by atoms with Crippen LogP contribution in [0.1, 0.15) is 31.2 Å². The number of anilines is 1. The van der Waals surface area contributed by atoms with E-state index < -0.39 is 0 Å². The summed E-state index contributed by atoms with van der Waals surface area (Å²) in [6.07, 6.45) is 6.40. The van der Waals surface area contributed by atoms with E-state index in [0.29, 0.717) is 11.2 Å². The van der Waals surface area contributed by atoms with Crippen molar-refractivity contribution in [2.75, 3.05) is 5.32 Å². The largest absolute Gasteiger partial charge is 0.381 e. The van der Waals surface area contributed by atoms with Crippen LogP contribution in [0.2, 0.25) is 5.15 Å². The second kappa shape index (κ2) is 4.38. The fourth-order valence-corrected chi connectivity index (χ4v) is 3.92. The summed E-state index contributed by atoms with van der Waals surface area (Å²) in [5.41, 5.74) is 3.45. The molecule has 1 fully saturated rings. The Hall–Kier alpha value is -1.28. The number of aromatic nitrogens is 1. The third-order valence-electron chi connectivity index (χ3n) is 4.65. The van der Waals surface area contributed by atoms with Gasteiger partial charge in [-0.25, -0.2) is 4.98 Å². The van der Waals surface area contributed by atoms with Gasteiger partial charge in [0.15, 0.2) is 0 Å². The molecule has 0 amide bonds. The number of hydrogen-bond acceptors (Lipinski definition) is 2. The minimum absolute atomic E-state index is 0.628. The van der Waals surface area contributed by atoms with E-state index >= 15 is 0 Å². The maximum Gasteiger partial charge on any atom is 0.135 e. The van der Waals surface area contributed by atoms with Gasteiger partial charge in [-0.1, -0.05) is 42.6 Å². The maximum absolute atomic E-state index is 6.40. The van der Waals surface area contributed by atoms with Crippen LogP contribution < -0.4 is 5.32 Å². The van der Waals surface area contributed by atoms with Gasteiger partial charge in [0, 0.05) is 17.0 Å². The lowest BCUT2D eigenvalue weighted by molar-refractivity contribution is 0.315. The number of hydrogen-bond donors (Lipinski definition) is 1. The molecule has 2 aliphatic rings. The van der Waals surface area contributed by atoms with Crippen LogP contribution in [0.25, 0.3) is 10.9 Å². The topological polar surface area (TPSA) is 24.9 Å². The van der Waals surface area contributed by atoms with Gasteiger partial charge in [0.05, 0.1) is 11.2 Å². The third-order valence-corrected chi connectivity index (χ3v) is 4.96. The van der Waals surface area contributed by atoms with Gasteiger partial charge >= 0.3 is 0 Å². The smallest absolute Gasteiger partial charge is 0.135 e. The highest BCUT2D eigenvalue weighted by Gasteiger charge is 2.32. The minimum Gasteiger partial charge on any atom is -0.381 e. The van der Waals surface area contributed by atoms with Gasteiger partial charge in [-0.2, -0.15) is 0 Å². The van der Waals surface area contributed by atoms with Crippen LogP contribution in [0.3, 0.4) is 0 Å². The monoisotopic (exact) mass is 272 g/mol. The number of rotatable bonds is 0. The van der Waals surface area contributed by atoms with Gasteiger partial charge < -0.3 is 5.32 Å². The Bertz CT molecular complexity index is 638. The van der Waals surface area contributed by atoms with Gasteiger partial charge in [0.1, 0.15) is 5.15 Å². The summed E-state index contributed by atoms with van der Waals surface area (Å²) in [6, 6.07) is 8.91. The molecule has 1 aliphatic heterocycles. The predicted molar refractivity (Wildman–Crippen MR) is 79.8 cm³/mol. The molecule has 2 nitrogen and oxygen atoms in total. The van der Waals surface area contributed by atoms with E-state index in [1.54, 1.807) is 0 Å². The molecule has 0 bridgehead atoms. The van der Waals surface area contributed by atoms with Crippen LogP contribution in [0.15, 0.2) is 24.3 Å². The maximum atomic E-state index is 6.40. The molecule has 0 spiro atoms. The van der Waals surface area contributed by atoms with Crippen molar-refractivity contribution in [3.63, 3.8) is 0 Å². The SMILES string of the molecule is Clc1nc2ccccc2c2c1C[C@@H]1CCCC[C@@H]1N2. The highest BCUT2D eigenvalue weighted by Crippen LogP contribution is 2.41. The molecule has 3 heteroatoms. The van der Waals surface area contributed by atoms with Crippen molar-refractivity contribution in [3.05, 3.63) is 35.0 Å². The van der Waals surface area contributed by atoms with Crippen LogP contribution in [0, 0.1) is 5.92 Å². The summed E-state index contributed by atoms with van der Waals surface area (Å²) in [6.45, 7) is 0. The Balaban J connectivity index is 1.90. The molecule has 1 aromatic carbocycles. The molecule has 98 valence electrons. The van der Waals surface area contributed by atoms with Crippen molar-refractivity contribution < 1.29 is 0 Å². The molecule has 2 heterocycles. The first-order valence-electron chi connectivity index (χ1n) is 7.16. The molecule has 4 rings (SSSR count). The Kier molecular flexibility index (Phi) is 2.66. The molecule has 0 saturated heterocycles. The van der Waals surface area contributed by atoms with Crippen LogP contribution in [0.4, 0.5) is 5.69 Å². The molecule has 2 atom stereocenters.